The zero-order valence-electron chi connectivity index (χ0n) is 9.47. The van der Waals surface area contributed by atoms with Crippen molar-refractivity contribution in [1.29, 1.82) is 0 Å². The highest BCUT2D eigenvalue weighted by molar-refractivity contribution is 9.10. The number of nitrogens with two attached hydrogens (primary N) is 1. The molecular weight excluding hydrogens is 280 g/mol. The molecule has 2 rings (SSSR count). The lowest BCUT2D eigenvalue weighted by Crippen LogP contribution is -2.18. The summed E-state index contributed by atoms with van der Waals surface area (Å²) in [6.07, 6.45) is 4.20. The van der Waals surface area contributed by atoms with Crippen molar-refractivity contribution in [3.05, 3.63) is 40.8 Å². The molecule has 0 amide bonds. The van der Waals surface area contributed by atoms with Gasteiger partial charge in [0.2, 0.25) is 0 Å². The van der Waals surface area contributed by atoms with E-state index in [1.165, 1.54) is 0 Å². The molecule has 5 heteroatoms. The lowest BCUT2D eigenvalue weighted by atomic mass is 10.2. The van der Waals surface area contributed by atoms with E-state index in [0.29, 0.717) is 5.82 Å². The molecule has 2 N–H and O–H groups in total. The fraction of sp³-hybridized carbons (Fsp3) is 0.250. The van der Waals surface area contributed by atoms with E-state index in [2.05, 4.69) is 30.9 Å². The zero-order valence-corrected chi connectivity index (χ0v) is 11.1. The standard InChI is InChI=1S/C12H13BrN4/c1-8(14)7-9-4-6-16-12(17-9)11-10(13)3-2-5-15-11/h2-6,8H,7,14H2,1H3. The second-order valence-electron chi connectivity index (χ2n) is 3.89. The van der Waals surface area contributed by atoms with Crippen LogP contribution in [-0.2, 0) is 6.42 Å². The number of pyridine rings is 1. The Balaban J connectivity index is 2.37. The fourth-order valence-corrected chi connectivity index (χ4v) is 1.94. The molecule has 0 radical (unpaired) electrons. The van der Waals surface area contributed by atoms with Crippen LogP contribution < -0.4 is 5.73 Å². The molecular formula is C12H13BrN4. The van der Waals surface area contributed by atoms with Gasteiger partial charge in [-0.05, 0) is 41.1 Å². The van der Waals surface area contributed by atoms with Gasteiger partial charge in [-0.3, -0.25) is 4.98 Å². The first-order chi connectivity index (χ1) is 8.16. The van der Waals surface area contributed by atoms with Crippen molar-refractivity contribution >= 4 is 15.9 Å². The van der Waals surface area contributed by atoms with Crippen LogP contribution in [0.5, 0.6) is 0 Å². The van der Waals surface area contributed by atoms with E-state index in [-0.39, 0.29) is 6.04 Å². The molecule has 17 heavy (non-hydrogen) atoms. The average Bonchev–Trinajstić information content (AvgIpc) is 2.29. The predicted molar refractivity (Wildman–Crippen MR) is 70.3 cm³/mol. The highest BCUT2D eigenvalue weighted by atomic mass is 79.9. The highest BCUT2D eigenvalue weighted by Crippen LogP contribution is 2.22. The van der Waals surface area contributed by atoms with Crippen molar-refractivity contribution in [2.75, 3.05) is 0 Å². The van der Waals surface area contributed by atoms with Crippen LogP contribution >= 0.6 is 15.9 Å². The van der Waals surface area contributed by atoms with Crippen LogP contribution in [0, 0.1) is 0 Å². The summed E-state index contributed by atoms with van der Waals surface area (Å²) in [6.45, 7) is 1.96. The van der Waals surface area contributed by atoms with Gasteiger partial charge in [0, 0.05) is 35.0 Å². The normalized spacial score (nSPS) is 12.4. The summed E-state index contributed by atoms with van der Waals surface area (Å²) < 4.78 is 0.887. The molecule has 2 heterocycles. The van der Waals surface area contributed by atoms with Gasteiger partial charge in [0.1, 0.15) is 5.69 Å². The molecule has 1 atom stereocenters. The second kappa shape index (κ2) is 5.33. The van der Waals surface area contributed by atoms with Crippen LogP contribution in [0.3, 0.4) is 0 Å². The summed E-state index contributed by atoms with van der Waals surface area (Å²) in [4.78, 5) is 13.0. The van der Waals surface area contributed by atoms with Crippen LogP contribution in [-0.4, -0.2) is 21.0 Å². The third kappa shape index (κ3) is 3.08. The first-order valence-electron chi connectivity index (χ1n) is 5.35. The summed E-state index contributed by atoms with van der Waals surface area (Å²) in [6, 6.07) is 5.75. The first kappa shape index (κ1) is 12.1. The molecule has 1 unspecified atom stereocenters. The van der Waals surface area contributed by atoms with E-state index >= 15 is 0 Å². The molecule has 0 saturated carbocycles. The number of rotatable bonds is 3. The third-order valence-electron chi connectivity index (χ3n) is 2.21. The minimum atomic E-state index is 0.0879. The largest absolute Gasteiger partial charge is 0.328 e. The van der Waals surface area contributed by atoms with Crippen LogP contribution in [0.15, 0.2) is 35.1 Å². The average molecular weight is 293 g/mol. The summed E-state index contributed by atoms with van der Waals surface area (Å²) in [5.74, 6) is 0.621. The Morgan fingerprint density at radius 2 is 2.12 bits per heavy atom. The topological polar surface area (TPSA) is 64.7 Å². The molecule has 2 aromatic heterocycles. The van der Waals surface area contributed by atoms with Crippen molar-refractivity contribution in [2.24, 2.45) is 5.73 Å². The molecule has 0 saturated heterocycles. The van der Waals surface area contributed by atoms with E-state index < -0.39 is 0 Å². The van der Waals surface area contributed by atoms with Gasteiger partial charge in [-0.1, -0.05) is 0 Å². The smallest absolute Gasteiger partial charge is 0.179 e. The molecule has 0 aromatic carbocycles. The van der Waals surface area contributed by atoms with Gasteiger partial charge < -0.3 is 5.73 Å². The maximum Gasteiger partial charge on any atom is 0.179 e. The third-order valence-corrected chi connectivity index (χ3v) is 2.85. The van der Waals surface area contributed by atoms with Crippen LogP contribution in [0.1, 0.15) is 12.6 Å². The van der Waals surface area contributed by atoms with Gasteiger partial charge in [-0.2, -0.15) is 0 Å². The summed E-state index contributed by atoms with van der Waals surface area (Å²) in [7, 11) is 0. The Kier molecular flexibility index (Phi) is 3.81. The molecule has 0 bridgehead atoms. The van der Waals surface area contributed by atoms with Crippen LogP contribution in [0.25, 0.3) is 11.5 Å². The van der Waals surface area contributed by atoms with Gasteiger partial charge in [-0.15, -0.1) is 0 Å². The van der Waals surface area contributed by atoms with E-state index in [4.69, 9.17) is 5.73 Å². The summed E-state index contributed by atoms with van der Waals surface area (Å²) in [5, 5.41) is 0. The van der Waals surface area contributed by atoms with Gasteiger partial charge in [-0.25, -0.2) is 9.97 Å². The highest BCUT2D eigenvalue weighted by Gasteiger charge is 2.08. The van der Waals surface area contributed by atoms with E-state index in [0.717, 1.165) is 22.3 Å². The van der Waals surface area contributed by atoms with Crippen molar-refractivity contribution in [1.82, 2.24) is 15.0 Å². The maximum absolute atomic E-state index is 5.76. The van der Waals surface area contributed by atoms with Gasteiger partial charge in [0.05, 0.1) is 0 Å². The molecule has 88 valence electrons. The predicted octanol–water partition coefficient (Wildman–Crippen LogP) is 2.19. The summed E-state index contributed by atoms with van der Waals surface area (Å²) in [5.41, 5.74) is 7.44. The Hall–Kier alpha value is -1.33. The van der Waals surface area contributed by atoms with Gasteiger partial charge >= 0.3 is 0 Å². The number of aromatic nitrogens is 3. The van der Waals surface area contributed by atoms with Crippen molar-refractivity contribution in [3.8, 4) is 11.5 Å². The molecule has 0 aliphatic heterocycles. The Labute approximate surface area is 108 Å². The van der Waals surface area contributed by atoms with Gasteiger partial charge in [0.15, 0.2) is 5.82 Å². The van der Waals surface area contributed by atoms with E-state index in [1.807, 2.05) is 25.1 Å². The quantitative estimate of drug-likeness (QED) is 0.942. The maximum atomic E-state index is 5.76. The van der Waals surface area contributed by atoms with Gasteiger partial charge in [0.25, 0.3) is 0 Å². The molecule has 0 aliphatic carbocycles. The van der Waals surface area contributed by atoms with Crippen LogP contribution in [0.2, 0.25) is 0 Å². The Morgan fingerprint density at radius 3 is 2.82 bits per heavy atom. The van der Waals surface area contributed by atoms with Crippen LogP contribution in [0.4, 0.5) is 0 Å². The lowest BCUT2D eigenvalue weighted by molar-refractivity contribution is 0.720. The first-order valence-corrected chi connectivity index (χ1v) is 6.14. The monoisotopic (exact) mass is 292 g/mol. The van der Waals surface area contributed by atoms with E-state index in [9.17, 15) is 0 Å². The molecule has 0 aliphatic rings. The van der Waals surface area contributed by atoms with Crippen molar-refractivity contribution in [2.45, 2.75) is 19.4 Å². The minimum absolute atomic E-state index is 0.0879. The number of hydrogen-bond donors (Lipinski definition) is 1. The molecule has 0 fully saturated rings. The molecule has 4 nitrogen and oxygen atoms in total. The lowest BCUT2D eigenvalue weighted by Gasteiger charge is -2.06. The second-order valence-corrected chi connectivity index (χ2v) is 4.74. The fourth-order valence-electron chi connectivity index (χ4n) is 1.50. The molecule has 0 spiro atoms. The zero-order chi connectivity index (χ0) is 12.3. The number of hydrogen-bond acceptors (Lipinski definition) is 4. The minimum Gasteiger partial charge on any atom is -0.328 e. The van der Waals surface area contributed by atoms with E-state index in [1.54, 1.807) is 12.4 Å². The van der Waals surface area contributed by atoms with Crippen molar-refractivity contribution < 1.29 is 0 Å². The Bertz CT molecular complexity index is 513. The number of nitrogens with zero attached hydrogens (tertiary/aromatic N) is 3. The Morgan fingerprint density at radius 1 is 1.29 bits per heavy atom. The SMILES string of the molecule is CC(N)Cc1ccnc(-c2ncccc2Br)n1. The molecule has 2 aromatic rings. The summed E-state index contributed by atoms with van der Waals surface area (Å²) >= 11 is 3.44. The van der Waals surface area contributed by atoms with Crippen molar-refractivity contribution in [3.63, 3.8) is 0 Å². The number of halogens is 1.